The molecule has 0 unspecified atom stereocenters. The molecule has 0 bridgehead atoms. The summed E-state index contributed by atoms with van der Waals surface area (Å²) in [5.41, 5.74) is 15.7. The molecule has 0 spiro atoms. The summed E-state index contributed by atoms with van der Waals surface area (Å²) in [4.78, 5) is 0. The van der Waals surface area contributed by atoms with Crippen molar-refractivity contribution in [3.63, 3.8) is 0 Å². The van der Waals surface area contributed by atoms with Gasteiger partial charge in [-0.25, -0.2) is 0 Å². The molecule has 220 valence electrons. The molecule has 0 amide bonds. The molecular formula is C41H40N2O. The number of nitrogen functional groups attached to an aromatic ring is 1. The van der Waals surface area contributed by atoms with Gasteiger partial charge in [-0.15, -0.1) is 0 Å². The minimum absolute atomic E-state index is 0.759. The maximum absolute atomic E-state index is 6.21. The van der Waals surface area contributed by atoms with E-state index in [4.69, 9.17) is 10.2 Å². The number of anilines is 2. The Hall–Kier alpha value is -5.54. The van der Waals surface area contributed by atoms with Crippen molar-refractivity contribution in [1.29, 1.82) is 0 Å². The number of fused-ring (bicyclic) bond motifs is 3. The maximum atomic E-state index is 6.21. The molecule has 0 aliphatic rings. The number of nitrogens with two attached hydrogens (primary N) is 1. The van der Waals surface area contributed by atoms with E-state index < -0.39 is 0 Å². The molecule has 44 heavy (non-hydrogen) atoms. The average molecular weight is 577 g/mol. The molecule has 1 heterocycles. The molecule has 3 N–H and O–H groups in total. The van der Waals surface area contributed by atoms with Gasteiger partial charge in [0, 0.05) is 29.2 Å². The molecule has 3 nitrogen and oxygen atoms in total. The number of hydrogen-bond donors (Lipinski definition) is 2. The predicted molar refractivity (Wildman–Crippen MR) is 193 cm³/mol. The van der Waals surface area contributed by atoms with Crippen LogP contribution in [0.3, 0.4) is 0 Å². The lowest BCUT2D eigenvalue weighted by Crippen LogP contribution is -1.90. The summed E-state index contributed by atoms with van der Waals surface area (Å²) in [6.45, 7) is 7.82. The van der Waals surface area contributed by atoms with Gasteiger partial charge >= 0.3 is 0 Å². The van der Waals surface area contributed by atoms with Crippen LogP contribution in [0.5, 0.6) is 0 Å². The molecule has 5 aromatic carbocycles. The van der Waals surface area contributed by atoms with Crippen LogP contribution in [0.25, 0.3) is 39.1 Å². The second kappa shape index (κ2) is 16.2. The minimum atomic E-state index is 0.759. The predicted octanol–water partition coefficient (Wildman–Crippen LogP) is 11.3. The van der Waals surface area contributed by atoms with E-state index in [1.165, 1.54) is 5.56 Å². The van der Waals surface area contributed by atoms with E-state index in [9.17, 15) is 0 Å². The van der Waals surface area contributed by atoms with Gasteiger partial charge in [-0.3, -0.25) is 0 Å². The van der Waals surface area contributed by atoms with Crippen molar-refractivity contribution in [2.75, 3.05) is 18.1 Å². The zero-order valence-electron chi connectivity index (χ0n) is 25.7. The van der Waals surface area contributed by atoms with Crippen molar-refractivity contribution < 1.29 is 4.42 Å². The van der Waals surface area contributed by atoms with E-state index in [-0.39, 0.29) is 0 Å². The largest absolute Gasteiger partial charge is 0.456 e. The third-order valence-electron chi connectivity index (χ3n) is 6.93. The summed E-state index contributed by atoms with van der Waals surface area (Å²) >= 11 is 0. The van der Waals surface area contributed by atoms with Crippen molar-refractivity contribution >= 4 is 39.4 Å². The second-order valence-electron chi connectivity index (χ2n) is 10.3. The fraction of sp³-hybridized carbons (Fsp3) is 0.0732. The SMILES string of the molecule is C=C\C=C/C=C(C)/C=C\c1cc(-c2ccc3oc4ccccc4c3c2)ccc1N.CNc1ccccc1.Cc1ccccc1. The number of rotatable bonds is 6. The van der Waals surface area contributed by atoms with Gasteiger partial charge < -0.3 is 15.5 Å². The first-order valence-corrected chi connectivity index (χ1v) is 14.7. The lowest BCUT2D eigenvalue weighted by Gasteiger charge is -2.07. The molecule has 0 fully saturated rings. The molecule has 3 heteroatoms. The standard InChI is InChI=1S/C27H23NO.C7H9N.C7H8/c1-3-4-5-8-19(2)11-12-22-17-20(13-15-25(22)28)21-14-16-27-24(18-21)23-9-6-7-10-26(23)29-27;1-8-7-5-3-2-4-6-7;1-7-5-3-2-4-6-7/h3-18H,1,28H2,2H3;2-6,8H,1H3;2-6H,1H3/b5-4-,12-11-,19-8+;;. The van der Waals surface area contributed by atoms with E-state index in [2.05, 4.69) is 80.4 Å². The van der Waals surface area contributed by atoms with E-state index in [0.717, 1.165) is 55.6 Å². The zero-order valence-corrected chi connectivity index (χ0v) is 25.7. The van der Waals surface area contributed by atoms with Gasteiger partial charge in [-0.1, -0.05) is 133 Å². The van der Waals surface area contributed by atoms with Crippen LogP contribution >= 0.6 is 0 Å². The highest BCUT2D eigenvalue weighted by Crippen LogP contribution is 2.33. The number of nitrogens with one attached hydrogen (secondary N) is 1. The molecule has 0 saturated carbocycles. The van der Waals surface area contributed by atoms with Crippen molar-refractivity contribution in [1.82, 2.24) is 0 Å². The maximum Gasteiger partial charge on any atom is 0.135 e. The fourth-order valence-electron chi connectivity index (χ4n) is 4.51. The van der Waals surface area contributed by atoms with Crippen molar-refractivity contribution in [2.24, 2.45) is 0 Å². The van der Waals surface area contributed by atoms with Crippen LogP contribution in [0, 0.1) is 6.92 Å². The van der Waals surface area contributed by atoms with Crippen LogP contribution < -0.4 is 11.1 Å². The fourth-order valence-corrected chi connectivity index (χ4v) is 4.51. The Bertz CT molecular complexity index is 1880. The number of benzene rings is 5. The van der Waals surface area contributed by atoms with Crippen molar-refractivity contribution in [2.45, 2.75) is 13.8 Å². The summed E-state index contributed by atoms with van der Waals surface area (Å²) in [7, 11) is 1.91. The van der Waals surface area contributed by atoms with Gasteiger partial charge in [0.2, 0.25) is 0 Å². The molecule has 6 aromatic rings. The first-order valence-electron chi connectivity index (χ1n) is 14.7. The Morgan fingerprint density at radius 2 is 1.36 bits per heavy atom. The summed E-state index contributed by atoms with van der Waals surface area (Å²) in [5.74, 6) is 0. The van der Waals surface area contributed by atoms with Crippen LogP contribution in [0.15, 0.2) is 168 Å². The quantitative estimate of drug-likeness (QED) is 0.153. The Labute approximate surface area is 261 Å². The number of aryl methyl sites for hydroxylation is 1. The van der Waals surface area contributed by atoms with Gasteiger partial charge in [-0.2, -0.15) is 0 Å². The molecule has 0 aliphatic carbocycles. The van der Waals surface area contributed by atoms with Gasteiger partial charge in [0.25, 0.3) is 0 Å². The van der Waals surface area contributed by atoms with Gasteiger partial charge in [0.1, 0.15) is 11.2 Å². The number of allylic oxidation sites excluding steroid dienone is 6. The smallest absolute Gasteiger partial charge is 0.135 e. The van der Waals surface area contributed by atoms with E-state index in [0.29, 0.717) is 0 Å². The first-order chi connectivity index (χ1) is 21.5. The summed E-state index contributed by atoms with van der Waals surface area (Å²) in [6.07, 6.45) is 11.8. The van der Waals surface area contributed by atoms with Gasteiger partial charge in [0.05, 0.1) is 0 Å². The van der Waals surface area contributed by atoms with Crippen LogP contribution in [0.4, 0.5) is 11.4 Å². The van der Waals surface area contributed by atoms with Crippen LogP contribution in [-0.4, -0.2) is 7.05 Å². The first kappa shape index (κ1) is 31.4. The van der Waals surface area contributed by atoms with E-state index >= 15 is 0 Å². The van der Waals surface area contributed by atoms with Crippen LogP contribution in [0.2, 0.25) is 0 Å². The van der Waals surface area contributed by atoms with Gasteiger partial charge in [-0.05, 0) is 73.0 Å². The molecule has 0 aliphatic heterocycles. The Morgan fingerprint density at radius 3 is 2.02 bits per heavy atom. The lowest BCUT2D eigenvalue weighted by atomic mass is 9.99. The third kappa shape index (κ3) is 8.98. The van der Waals surface area contributed by atoms with E-state index in [1.54, 1.807) is 6.08 Å². The average Bonchev–Trinajstić information content (AvgIpc) is 3.44. The molecule has 0 saturated heterocycles. The highest BCUT2D eigenvalue weighted by atomic mass is 16.3. The second-order valence-corrected chi connectivity index (χ2v) is 10.3. The Kier molecular flexibility index (Phi) is 11.6. The highest BCUT2D eigenvalue weighted by molar-refractivity contribution is 6.06. The van der Waals surface area contributed by atoms with E-state index in [1.807, 2.05) is 104 Å². The number of para-hydroxylation sites is 2. The summed E-state index contributed by atoms with van der Waals surface area (Å²) in [6, 6.07) is 40.9. The normalized spacial score (nSPS) is 11.2. The van der Waals surface area contributed by atoms with Gasteiger partial charge in [0.15, 0.2) is 0 Å². The van der Waals surface area contributed by atoms with Crippen molar-refractivity contribution in [3.05, 3.63) is 175 Å². The third-order valence-corrected chi connectivity index (χ3v) is 6.93. The van der Waals surface area contributed by atoms with Crippen molar-refractivity contribution in [3.8, 4) is 11.1 Å². The monoisotopic (exact) mass is 576 g/mol. The minimum Gasteiger partial charge on any atom is -0.456 e. The summed E-state index contributed by atoms with van der Waals surface area (Å²) < 4.78 is 5.94. The molecule has 6 rings (SSSR count). The zero-order chi connectivity index (χ0) is 31.1. The molecule has 0 radical (unpaired) electrons. The highest BCUT2D eigenvalue weighted by Gasteiger charge is 2.08. The van der Waals surface area contributed by atoms with Crippen LogP contribution in [0.1, 0.15) is 18.1 Å². The topological polar surface area (TPSA) is 51.2 Å². The Balaban J connectivity index is 0.000000239. The number of furan rings is 1. The summed E-state index contributed by atoms with van der Waals surface area (Å²) in [5, 5.41) is 5.28. The van der Waals surface area contributed by atoms with Crippen LogP contribution in [-0.2, 0) is 0 Å². The Morgan fingerprint density at radius 1 is 0.727 bits per heavy atom. The molecule has 0 atom stereocenters. The number of hydrogen-bond acceptors (Lipinski definition) is 3. The molecular weight excluding hydrogens is 536 g/mol. The lowest BCUT2D eigenvalue weighted by molar-refractivity contribution is 0.669. The molecule has 1 aromatic heterocycles.